The van der Waals surface area contributed by atoms with E-state index in [4.69, 9.17) is 4.74 Å². The maximum atomic E-state index is 5.43. The van der Waals surface area contributed by atoms with Gasteiger partial charge in [-0.3, -0.25) is 9.67 Å². The van der Waals surface area contributed by atoms with Crippen LogP contribution in [0.3, 0.4) is 0 Å². The van der Waals surface area contributed by atoms with Gasteiger partial charge in [0.2, 0.25) is 0 Å². The molecule has 3 rings (SSSR count). The number of methoxy groups -OCH3 is 1. The molecule has 0 saturated heterocycles. The molecule has 0 aliphatic carbocycles. The third-order valence-corrected chi connectivity index (χ3v) is 2.94. The highest BCUT2D eigenvalue weighted by Gasteiger charge is 2.07. The zero-order valence-electron chi connectivity index (χ0n) is 10.3. The summed E-state index contributed by atoms with van der Waals surface area (Å²) in [6.45, 7) is 0. The molecule has 0 unspecified atom stereocenters. The molecule has 4 nitrogen and oxygen atoms in total. The van der Waals surface area contributed by atoms with E-state index in [9.17, 15) is 0 Å². The highest BCUT2D eigenvalue weighted by molar-refractivity contribution is 5.89. The minimum atomic E-state index is 0.833. The molecule has 0 amide bonds. The van der Waals surface area contributed by atoms with Crippen LogP contribution in [-0.4, -0.2) is 21.9 Å². The van der Waals surface area contributed by atoms with Gasteiger partial charge in [0.25, 0.3) is 0 Å². The number of hydrogen-bond donors (Lipinski definition) is 0. The van der Waals surface area contributed by atoms with Crippen molar-refractivity contribution in [3.8, 4) is 16.9 Å². The predicted molar refractivity (Wildman–Crippen MR) is 70.5 cm³/mol. The molecule has 0 atom stereocenters. The van der Waals surface area contributed by atoms with E-state index in [1.165, 1.54) is 0 Å². The molecule has 90 valence electrons. The third kappa shape index (κ3) is 1.72. The Labute approximate surface area is 105 Å². The number of benzene rings is 1. The Bertz CT molecular complexity index is 703. The van der Waals surface area contributed by atoms with Gasteiger partial charge in [0.15, 0.2) is 0 Å². The lowest BCUT2D eigenvalue weighted by molar-refractivity contribution is 0.420. The van der Waals surface area contributed by atoms with Crippen molar-refractivity contribution in [2.75, 3.05) is 7.11 Å². The number of aryl methyl sites for hydroxylation is 1. The van der Waals surface area contributed by atoms with Crippen LogP contribution in [0.4, 0.5) is 0 Å². The quantitative estimate of drug-likeness (QED) is 0.690. The van der Waals surface area contributed by atoms with Crippen LogP contribution in [0.5, 0.6) is 5.75 Å². The Morgan fingerprint density at radius 3 is 2.83 bits per heavy atom. The van der Waals surface area contributed by atoms with E-state index in [0.717, 1.165) is 27.8 Å². The molecule has 0 aliphatic rings. The first kappa shape index (κ1) is 10.8. The predicted octanol–water partition coefficient (Wildman–Crippen LogP) is 2.64. The summed E-state index contributed by atoms with van der Waals surface area (Å²) in [6.07, 6.45) is 5.60. The first-order valence-corrected chi connectivity index (χ1v) is 5.70. The van der Waals surface area contributed by atoms with Gasteiger partial charge in [0.1, 0.15) is 5.75 Å². The summed E-state index contributed by atoms with van der Waals surface area (Å²) in [5.74, 6) is 0.833. The Hall–Kier alpha value is -2.36. The Kier molecular flexibility index (Phi) is 2.48. The van der Waals surface area contributed by atoms with E-state index < -0.39 is 0 Å². The number of pyridine rings is 1. The summed E-state index contributed by atoms with van der Waals surface area (Å²) in [6, 6.07) is 7.98. The fourth-order valence-electron chi connectivity index (χ4n) is 2.05. The number of fused-ring (bicyclic) bond motifs is 1. The number of nitrogens with zero attached hydrogens (tertiary/aromatic N) is 3. The van der Waals surface area contributed by atoms with Crippen LogP contribution in [0.15, 0.2) is 42.9 Å². The van der Waals surface area contributed by atoms with Gasteiger partial charge in [-0.2, -0.15) is 5.10 Å². The van der Waals surface area contributed by atoms with Crippen LogP contribution in [-0.2, 0) is 7.05 Å². The van der Waals surface area contributed by atoms with Crippen LogP contribution < -0.4 is 4.74 Å². The molecular weight excluding hydrogens is 226 g/mol. The van der Waals surface area contributed by atoms with E-state index in [1.807, 2.05) is 37.6 Å². The molecule has 3 aromatic rings. The minimum Gasteiger partial charge on any atom is -0.496 e. The zero-order valence-corrected chi connectivity index (χ0v) is 10.3. The highest BCUT2D eigenvalue weighted by Crippen LogP contribution is 2.30. The summed E-state index contributed by atoms with van der Waals surface area (Å²) in [7, 11) is 3.58. The van der Waals surface area contributed by atoms with E-state index in [0.29, 0.717) is 0 Å². The van der Waals surface area contributed by atoms with Crippen molar-refractivity contribution in [1.29, 1.82) is 0 Å². The maximum absolute atomic E-state index is 5.43. The third-order valence-electron chi connectivity index (χ3n) is 2.94. The minimum absolute atomic E-state index is 0.833. The average molecular weight is 239 g/mol. The van der Waals surface area contributed by atoms with E-state index >= 15 is 0 Å². The second-order valence-electron chi connectivity index (χ2n) is 4.15. The Morgan fingerprint density at radius 1 is 1.22 bits per heavy atom. The summed E-state index contributed by atoms with van der Waals surface area (Å²) < 4.78 is 7.21. The molecule has 0 radical (unpaired) electrons. The summed E-state index contributed by atoms with van der Waals surface area (Å²) >= 11 is 0. The van der Waals surface area contributed by atoms with Gasteiger partial charge in [-0.05, 0) is 29.8 Å². The second kappa shape index (κ2) is 4.14. The van der Waals surface area contributed by atoms with Gasteiger partial charge in [0.05, 0.1) is 18.8 Å². The highest BCUT2D eigenvalue weighted by atomic mass is 16.5. The van der Waals surface area contributed by atoms with Gasteiger partial charge in [-0.15, -0.1) is 0 Å². The molecule has 2 heterocycles. The molecule has 4 heteroatoms. The van der Waals surface area contributed by atoms with Crippen molar-refractivity contribution in [2.24, 2.45) is 7.05 Å². The smallest absolute Gasteiger partial charge is 0.128 e. The second-order valence-corrected chi connectivity index (χ2v) is 4.15. The molecule has 1 aromatic carbocycles. The first-order chi connectivity index (χ1) is 8.78. The van der Waals surface area contributed by atoms with Crippen LogP contribution >= 0.6 is 0 Å². The standard InChI is InChI=1S/C14H13N3O/c1-17-9-11(8-16-17)10-6-13-12(4-3-5-15-13)14(7-10)18-2/h3-9H,1-2H3. The number of aromatic nitrogens is 3. The number of hydrogen-bond acceptors (Lipinski definition) is 3. The van der Waals surface area contributed by atoms with Crippen molar-refractivity contribution in [2.45, 2.75) is 0 Å². The van der Waals surface area contributed by atoms with Crippen LogP contribution in [0.1, 0.15) is 0 Å². The molecule has 0 fully saturated rings. The molecule has 0 spiro atoms. The van der Waals surface area contributed by atoms with Gasteiger partial charge < -0.3 is 4.74 Å². The van der Waals surface area contributed by atoms with Crippen molar-refractivity contribution in [3.05, 3.63) is 42.9 Å². The molecule has 0 N–H and O–H groups in total. The normalized spacial score (nSPS) is 10.8. The molecule has 0 aliphatic heterocycles. The summed E-state index contributed by atoms with van der Waals surface area (Å²) in [5, 5.41) is 5.20. The van der Waals surface area contributed by atoms with Crippen molar-refractivity contribution in [1.82, 2.24) is 14.8 Å². The molecule has 2 aromatic heterocycles. The lowest BCUT2D eigenvalue weighted by atomic mass is 10.1. The largest absolute Gasteiger partial charge is 0.496 e. The van der Waals surface area contributed by atoms with Gasteiger partial charge in [0, 0.05) is 30.4 Å². The van der Waals surface area contributed by atoms with Gasteiger partial charge in [-0.25, -0.2) is 0 Å². The van der Waals surface area contributed by atoms with Gasteiger partial charge >= 0.3 is 0 Å². The fraction of sp³-hybridized carbons (Fsp3) is 0.143. The van der Waals surface area contributed by atoms with Crippen LogP contribution in [0, 0.1) is 0 Å². The monoisotopic (exact) mass is 239 g/mol. The van der Waals surface area contributed by atoms with Gasteiger partial charge in [-0.1, -0.05) is 0 Å². The topological polar surface area (TPSA) is 39.9 Å². The summed E-state index contributed by atoms with van der Waals surface area (Å²) in [5.41, 5.74) is 3.05. The molecule has 0 bridgehead atoms. The molecule has 18 heavy (non-hydrogen) atoms. The lowest BCUT2D eigenvalue weighted by Crippen LogP contribution is -1.88. The van der Waals surface area contributed by atoms with Crippen molar-refractivity contribution >= 4 is 10.9 Å². The average Bonchev–Trinajstić information content (AvgIpc) is 2.84. The van der Waals surface area contributed by atoms with E-state index in [2.05, 4.69) is 16.1 Å². The lowest BCUT2D eigenvalue weighted by Gasteiger charge is -2.07. The molecule has 0 saturated carbocycles. The number of ether oxygens (including phenoxy) is 1. The van der Waals surface area contributed by atoms with Crippen molar-refractivity contribution < 1.29 is 4.74 Å². The summed E-state index contributed by atoms with van der Waals surface area (Å²) in [4.78, 5) is 4.38. The fourth-order valence-corrected chi connectivity index (χ4v) is 2.05. The van der Waals surface area contributed by atoms with Crippen LogP contribution in [0.25, 0.3) is 22.0 Å². The first-order valence-electron chi connectivity index (χ1n) is 5.70. The molecular formula is C14H13N3O. The van der Waals surface area contributed by atoms with E-state index in [-0.39, 0.29) is 0 Å². The Balaban J connectivity index is 2.25. The van der Waals surface area contributed by atoms with Crippen LogP contribution in [0.2, 0.25) is 0 Å². The SMILES string of the molecule is COc1cc(-c2cnn(C)c2)cc2ncccc12. The zero-order chi connectivity index (χ0) is 12.5. The van der Waals surface area contributed by atoms with E-state index in [1.54, 1.807) is 18.0 Å². The number of rotatable bonds is 2. The Morgan fingerprint density at radius 2 is 2.11 bits per heavy atom. The maximum Gasteiger partial charge on any atom is 0.128 e. The van der Waals surface area contributed by atoms with Crippen molar-refractivity contribution in [3.63, 3.8) is 0 Å².